The predicted molar refractivity (Wildman–Crippen MR) is 130 cm³/mol. The standard InChI is InChI=1S/C25H23FN6O5/c1-27-8-9-28-24(35)21-22(33)19-17(12-15(13-29-19)11-14-4-6-16(26)7-5-14)20(30-21)25(36)32-31-23(34)18-3-2-10-37-18/h2-7,10,12-13,27,33H,8-9,11H2,1H3,(H,28,35)(H,31,34)(H,32,36). The Morgan fingerprint density at radius 1 is 0.973 bits per heavy atom. The molecule has 3 aromatic heterocycles. The number of hydrogen-bond donors (Lipinski definition) is 5. The van der Waals surface area contributed by atoms with Gasteiger partial charge in [0.25, 0.3) is 11.8 Å². The fourth-order valence-corrected chi connectivity index (χ4v) is 3.51. The molecular formula is C25H23FN6O5. The number of aromatic nitrogens is 2. The number of hydrogen-bond acceptors (Lipinski definition) is 8. The lowest BCUT2D eigenvalue weighted by Gasteiger charge is -2.13. The fraction of sp³-hybridized carbons (Fsp3) is 0.160. The minimum atomic E-state index is -0.852. The van der Waals surface area contributed by atoms with E-state index < -0.39 is 29.2 Å². The lowest BCUT2D eigenvalue weighted by Crippen LogP contribution is -2.42. The number of hydrazine groups is 1. The average molecular weight is 506 g/mol. The Morgan fingerprint density at radius 2 is 1.73 bits per heavy atom. The highest BCUT2D eigenvalue weighted by Crippen LogP contribution is 2.29. The van der Waals surface area contributed by atoms with Gasteiger partial charge in [-0.25, -0.2) is 9.37 Å². The van der Waals surface area contributed by atoms with Crippen molar-refractivity contribution in [3.05, 3.63) is 89.0 Å². The summed E-state index contributed by atoms with van der Waals surface area (Å²) >= 11 is 0. The molecule has 0 atom stereocenters. The van der Waals surface area contributed by atoms with Crippen LogP contribution in [0, 0.1) is 5.82 Å². The first kappa shape index (κ1) is 25.3. The van der Waals surface area contributed by atoms with E-state index in [-0.39, 0.29) is 34.7 Å². The quantitative estimate of drug-likeness (QED) is 0.178. The van der Waals surface area contributed by atoms with Gasteiger partial charge < -0.3 is 20.2 Å². The van der Waals surface area contributed by atoms with Crippen LogP contribution in [-0.2, 0) is 6.42 Å². The maximum absolute atomic E-state index is 13.3. The molecule has 0 saturated carbocycles. The van der Waals surface area contributed by atoms with Crippen molar-refractivity contribution >= 4 is 28.6 Å². The molecule has 0 fully saturated rings. The second-order valence-corrected chi connectivity index (χ2v) is 7.95. The summed E-state index contributed by atoms with van der Waals surface area (Å²) in [5, 5.41) is 16.4. The Hall–Kier alpha value is -4.84. The van der Waals surface area contributed by atoms with E-state index in [1.54, 1.807) is 25.2 Å². The monoisotopic (exact) mass is 506 g/mol. The summed E-state index contributed by atoms with van der Waals surface area (Å²) in [6.45, 7) is 0.719. The molecule has 0 radical (unpaired) electrons. The molecule has 4 aromatic rings. The number of rotatable bonds is 8. The third-order valence-electron chi connectivity index (χ3n) is 5.32. The summed E-state index contributed by atoms with van der Waals surface area (Å²) in [4.78, 5) is 46.3. The summed E-state index contributed by atoms with van der Waals surface area (Å²) in [5.74, 6) is -3.17. The summed E-state index contributed by atoms with van der Waals surface area (Å²) < 4.78 is 18.3. The molecule has 37 heavy (non-hydrogen) atoms. The number of carbonyl (C=O) groups is 3. The van der Waals surface area contributed by atoms with E-state index in [0.29, 0.717) is 18.5 Å². The van der Waals surface area contributed by atoms with E-state index in [1.807, 2.05) is 0 Å². The minimum absolute atomic E-state index is 0.0286. The van der Waals surface area contributed by atoms with Crippen LogP contribution >= 0.6 is 0 Å². The molecule has 0 spiro atoms. The number of benzene rings is 1. The van der Waals surface area contributed by atoms with Gasteiger partial charge in [-0.3, -0.25) is 30.2 Å². The summed E-state index contributed by atoms with van der Waals surface area (Å²) in [5.41, 5.74) is 5.20. The predicted octanol–water partition coefficient (Wildman–Crippen LogP) is 1.68. The highest BCUT2D eigenvalue weighted by atomic mass is 19.1. The molecule has 4 rings (SSSR count). The second-order valence-electron chi connectivity index (χ2n) is 7.95. The summed E-state index contributed by atoms with van der Waals surface area (Å²) in [7, 11) is 1.71. The van der Waals surface area contributed by atoms with Gasteiger partial charge in [-0.1, -0.05) is 12.1 Å². The smallest absolute Gasteiger partial charge is 0.305 e. The number of nitrogens with zero attached hydrogens (tertiary/aromatic N) is 2. The van der Waals surface area contributed by atoms with Crippen molar-refractivity contribution in [1.29, 1.82) is 0 Å². The van der Waals surface area contributed by atoms with Crippen LogP contribution in [0.25, 0.3) is 10.9 Å². The van der Waals surface area contributed by atoms with Gasteiger partial charge in [0.05, 0.1) is 6.26 Å². The van der Waals surface area contributed by atoms with Crippen molar-refractivity contribution in [2.75, 3.05) is 20.1 Å². The number of amides is 3. The molecule has 0 unspecified atom stereocenters. The minimum Gasteiger partial charge on any atom is -0.504 e. The third-order valence-corrected chi connectivity index (χ3v) is 5.32. The van der Waals surface area contributed by atoms with Gasteiger partial charge in [0, 0.05) is 24.7 Å². The maximum atomic E-state index is 13.3. The van der Waals surface area contributed by atoms with Crippen molar-refractivity contribution in [1.82, 2.24) is 31.5 Å². The average Bonchev–Trinajstić information content (AvgIpc) is 3.44. The molecule has 3 amide bonds. The van der Waals surface area contributed by atoms with Crippen molar-refractivity contribution in [2.24, 2.45) is 0 Å². The Balaban J connectivity index is 1.70. The van der Waals surface area contributed by atoms with Gasteiger partial charge in [0.2, 0.25) is 0 Å². The number of aromatic hydroxyl groups is 1. The second kappa shape index (κ2) is 11.3. The highest BCUT2D eigenvalue weighted by molar-refractivity contribution is 6.10. The zero-order valence-corrected chi connectivity index (χ0v) is 19.7. The van der Waals surface area contributed by atoms with Gasteiger partial charge in [-0.05, 0) is 54.9 Å². The zero-order valence-electron chi connectivity index (χ0n) is 19.7. The van der Waals surface area contributed by atoms with Crippen molar-refractivity contribution < 1.29 is 28.3 Å². The number of nitrogens with one attached hydrogen (secondary N) is 4. The van der Waals surface area contributed by atoms with E-state index in [2.05, 4.69) is 31.5 Å². The number of fused-ring (bicyclic) bond motifs is 1. The molecule has 0 bridgehead atoms. The third kappa shape index (κ3) is 5.87. The number of pyridine rings is 2. The maximum Gasteiger partial charge on any atom is 0.305 e. The Labute approximate surface area is 210 Å². The molecule has 0 aliphatic rings. The van der Waals surface area contributed by atoms with Crippen LogP contribution in [0.1, 0.15) is 42.7 Å². The molecule has 3 heterocycles. The van der Waals surface area contributed by atoms with E-state index in [0.717, 1.165) is 5.56 Å². The van der Waals surface area contributed by atoms with Gasteiger partial charge in [-0.2, -0.15) is 0 Å². The van der Waals surface area contributed by atoms with Crippen molar-refractivity contribution in [3.8, 4) is 5.75 Å². The number of likely N-dealkylation sites (N-methyl/N-ethyl adjacent to an activating group) is 1. The Bertz CT molecular complexity index is 1440. The van der Waals surface area contributed by atoms with Crippen LogP contribution in [0.2, 0.25) is 0 Å². The van der Waals surface area contributed by atoms with Gasteiger partial charge >= 0.3 is 5.91 Å². The molecule has 0 aliphatic carbocycles. The van der Waals surface area contributed by atoms with Gasteiger partial charge in [0.1, 0.15) is 17.0 Å². The number of halogens is 1. The van der Waals surface area contributed by atoms with Crippen molar-refractivity contribution in [3.63, 3.8) is 0 Å². The Kier molecular flexibility index (Phi) is 7.69. The zero-order chi connectivity index (χ0) is 26.4. The fourth-order valence-electron chi connectivity index (χ4n) is 3.51. The highest BCUT2D eigenvalue weighted by Gasteiger charge is 2.24. The van der Waals surface area contributed by atoms with Gasteiger partial charge in [-0.15, -0.1) is 0 Å². The molecule has 190 valence electrons. The van der Waals surface area contributed by atoms with Crippen LogP contribution in [-0.4, -0.2) is 52.9 Å². The number of carbonyl (C=O) groups excluding carboxylic acids is 3. The molecule has 0 saturated heterocycles. The molecule has 11 nitrogen and oxygen atoms in total. The van der Waals surface area contributed by atoms with Crippen molar-refractivity contribution in [2.45, 2.75) is 6.42 Å². The van der Waals surface area contributed by atoms with Gasteiger partial charge in [0.15, 0.2) is 17.2 Å². The van der Waals surface area contributed by atoms with Crippen LogP contribution in [0.5, 0.6) is 5.75 Å². The van der Waals surface area contributed by atoms with Crippen LogP contribution in [0.3, 0.4) is 0 Å². The normalized spacial score (nSPS) is 10.8. The largest absolute Gasteiger partial charge is 0.504 e. The lowest BCUT2D eigenvalue weighted by atomic mass is 10.0. The Morgan fingerprint density at radius 3 is 2.43 bits per heavy atom. The molecule has 1 aromatic carbocycles. The molecule has 12 heteroatoms. The van der Waals surface area contributed by atoms with E-state index in [4.69, 9.17) is 4.42 Å². The molecule has 0 aliphatic heterocycles. The number of furan rings is 1. The lowest BCUT2D eigenvalue weighted by molar-refractivity contribution is 0.0828. The van der Waals surface area contributed by atoms with E-state index in [9.17, 15) is 23.9 Å². The summed E-state index contributed by atoms with van der Waals surface area (Å²) in [6, 6.07) is 10.4. The molecule has 5 N–H and O–H groups in total. The SMILES string of the molecule is CNCCNC(=O)c1nc(C(=O)NNC(=O)c2ccco2)c2cc(Cc3ccc(F)cc3)cnc2c1O. The van der Waals surface area contributed by atoms with Crippen LogP contribution in [0.4, 0.5) is 4.39 Å². The van der Waals surface area contributed by atoms with E-state index in [1.165, 1.54) is 36.7 Å². The first-order valence-corrected chi connectivity index (χ1v) is 11.2. The van der Waals surface area contributed by atoms with E-state index >= 15 is 0 Å². The van der Waals surface area contributed by atoms with Crippen LogP contribution in [0.15, 0.2) is 59.3 Å². The first-order chi connectivity index (χ1) is 17.9. The molecular weight excluding hydrogens is 483 g/mol. The van der Waals surface area contributed by atoms with Crippen LogP contribution < -0.4 is 21.5 Å². The topological polar surface area (TPSA) is 158 Å². The first-order valence-electron chi connectivity index (χ1n) is 11.2. The summed E-state index contributed by atoms with van der Waals surface area (Å²) in [6.07, 6.45) is 3.14.